The van der Waals surface area contributed by atoms with Gasteiger partial charge in [0.2, 0.25) is 5.95 Å². The van der Waals surface area contributed by atoms with Crippen LogP contribution in [0.3, 0.4) is 0 Å². The van der Waals surface area contributed by atoms with Crippen LogP contribution in [0, 0.1) is 0 Å². The van der Waals surface area contributed by atoms with Crippen LogP contribution in [0.5, 0.6) is 0 Å². The van der Waals surface area contributed by atoms with Gasteiger partial charge in [0.25, 0.3) is 11.8 Å². The molecule has 0 radical (unpaired) electrons. The van der Waals surface area contributed by atoms with Crippen LogP contribution < -0.4 is 22.1 Å². The first kappa shape index (κ1) is 21.7. The van der Waals surface area contributed by atoms with Gasteiger partial charge in [-0.1, -0.05) is 48.5 Å². The Kier molecular flexibility index (Phi) is 6.14. The predicted octanol–water partition coefficient (Wildman–Crippen LogP) is 2.26. The molecule has 0 aliphatic rings. The summed E-state index contributed by atoms with van der Waals surface area (Å²) in [5, 5.41) is 16.8. The van der Waals surface area contributed by atoms with Crippen LogP contribution in [0.4, 0.5) is 17.5 Å². The molecule has 166 valence electrons. The Morgan fingerprint density at radius 2 is 1.55 bits per heavy atom. The molecule has 0 aliphatic heterocycles. The van der Waals surface area contributed by atoms with Gasteiger partial charge in [-0.25, -0.2) is 4.98 Å². The lowest BCUT2D eigenvalue weighted by Crippen LogP contribution is -2.42. The number of fused-ring (bicyclic) bond motifs is 1. The second kappa shape index (κ2) is 9.33. The molecule has 2 amide bonds. The lowest BCUT2D eigenvalue weighted by Gasteiger charge is -2.24. The molecule has 0 fully saturated rings. The number of aliphatic hydroxyl groups excluding tert-OH is 1. The van der Waals surface area contributed by atoms with Crippen LogP contribution in [-0.2, 0) is 4.79 Å². The first-order chi connectivity index (χ1) is 15.9. The van der Waals surface area contributed by atoms with Crippen molar-refractivity contribution in [3.63, 3.8) is 0 Å². The molecule has 0 saturated carbocycles. The van der Waals surface area contributed by atoms with E-state index >= 15 is 0 Å². The average molecular weight is 442 g/mol. The number of hydrogen-bond donors (Lipinski definition) is 5. The topological polar surface area (TPSA) is 156 Å². The number of amides is 2. The van der Waals surface area contributed by atoms with E-state index in [2.05, 4.69) is 20.6 Å². The summed E-state index contributed by atoms with van der Waals surface area (Å²) in [4.78, 5) is 33.7. The molecule has 1 aromatic heterocycles. The van der Waals surface area contributed by atoms with Crippen LogP contribution in [0.1, 0.15) is 22.0 Å². The number of carbonyl (C=O) groups excluding carboxylic acids is 2. The number of rotatable bonds is 6. The van der Waals surface area contributed by atoms with Gasteiger partial charge in [0.05, 0.1) is 11.6 Å². The molecule has 0 aliphatic carbocycles. The van der Waals surface area contributed by atoms with Gasteiger partial charge in [-0.3, -0.25) is 9.59 Å². The van der Waals surface area contributed by atoms with Crippen LogP contribution in [-0.4, -0.2) is 33.0 Å². The van der Waals surface area contributed by atoms with E-state index in [-0.39, 0.29) is 11.8 Å². The Bertz CT molecular complexity index is 1300. The molecule has 1 heterocycles. The normalized spacial score (nSPS) is 12.6. The van der Waals surface area contributed by atoms with E-state index < -0.39 is 24.0 Å². The van der Waals surface area contributed by atoms with Crippen molar-refractivity contribution in [3.05, 3.63) is 90.0 Å². The van der Waals surface area contributed by atoms with E-state index in [4.69, 9.17) is 11.5 Å². The molecular formula is C24H22N6O3. The summed E-state index contributed by atoms with van der Waals surface area (Å²) >= 11 is 0. The highest BCUT2D eigenvalue weighted by Gasteiger charge is 2.29. The monoisotopic (exact) mass is 442 g/mol. The third-order valence-electron chi connectivity index (χ3n) is 5.08. The van der Waals surface area contributed by atoms with Crippen LogP contribution in [0.15, 0.2) is 78.9 Å². The molecule has 0 spiro atoms. The lowest BCUT2D eigenvalue weighted by atomic mass is 10.00. The summed E-state index contributed by atoms with van der Waals surface area (Å²) in [5.74, 6) is -0.894. The standard InChI is InChI=1S/C24H22N6O3/c25-21-17-13-16(11-12-18(17)28-24(26)30-21)27-23(33)20(31)19(14-7-3-1-4-8-14)29-22(32)15-9-5-2-6-10-15/h1-13,19-20,31H,(H,27,33)(H,29,32)(H4,25,26,28,30)/t19-,20+/m0/s1. The Morgan fingerprint density at radius 3 is 2.24 bits per heavy atom. The molecular weight excluding hydrogens is 420 g/mol. The van der Waals surface area contributed by atoms with E-state index in [0.29, 0.717) is 27.7 Å². The number of anilines is 3. The van der Waals surface area contributed by atoms with Crippen LogP contribution in [0.2, 0.25) is 0 Å². The number of hydrogen-bond acceptors (Lipinski definition) is 7. The van der Waals surface area contributed by atoms with Crippen molar-refractivity contribution in [1.29, 1.82) is 0 Å². The molecule has 33 heavy (non-hydrogen) atoms. The van der Waals surface area contributed by atoms with Crippen LogP contribution in [0.25, 0.3) is 10.9 Å². The van der Waals surface area contributed by atoms with Crippen molar-refractivity contribution in [3.8, 4) is 0 Å². The highest BCUT2D eigenvalue weighted by Crippen LogP contribution is 2.24. The van der Waals surface area contributed by atoms with Crippen molar-refractivity contribution in [2.45, 2.75) is 12.1 Å². The van der Waals surface area contributed by atoms with Crippen molar-refractivity contribution in [2.24, 2.45) is 0 Å². The third-order valence-corrected chi connectivity index (χ3v) is 5.08. The zero-order valence-corrected chi connectivity index (χ0v) is 17.5. The van der Waals surface area contributed by atoms with Gasteiger partial charge < -0.3 is 27.2 Å². The minimum Gasteiger partial charge on any atom is -0.383 e. The number of nitrogens with zero attached hydrogens (tertiary/aromatic N) is 2. The summed E-state index contributed by atoms with van der Waals surface area (Å²) in [6.45, 7) is 0. The van der Waals surface area contributed by atoms with Gasteiger partial charge >= 0.3 is 0 Å². The van der Waals surface area contributed by atoms with Gasteiger partial charge in [-0.2, -0.15) is 4.98 Å². The van der Waals surface area contributed by atoms with E-state index in [9.17, 15) is 14.7 Å². The highest BCUT2D eigenvalue weighted by molar-refractivity contribution is 5.99. The Balaban J connectivity index is 1.58. The van der Waals surface area contributed by atoms with E-state index in [1.54, 1.807) is 78.9 Å². The van der Waals surface area contributed by atoms with Gasteiger partial charge in [0, 0.05) is 16.6 Å². The summed E-state index contributed by atoms with van der Waals surface area (Å²) in [5.41, 5.74) is 13.4. The van der Waals surface area contributed by atoms with E-state index in [0.717, 1.165) is 0 Å². The van der Waals surface area contributed by atoms with Gasteiger partial charge in [0.15, 0.2) is 6.10 Å². The SMILES string of the molecule is Nc1nc(N)c2cc(NC(=O)[C@H](O)[C@@H](NC(=O)c3ccccc3)c3ccccc3)ccc2n1. The maximum atomic E-state index is 12.9. The number of aliphatic hydroxyl groups is 1. The molecule has 3 aromatic carbocycles. The molecule has 0 bridgehead atoms. The number of nitrogen functional groups attached to an aromatic ring is 2. The number of aromatic nitrogens is 2. The van der Waals surface area contributed by atoms with Crippen molar-refractivity contribution >= 4 is 40.2 Å². The van der Waals surface area contributed by atoms with E-state index in [1.807, 2.05) is 0 Å². The molecule has 0 unspecified atom stereocenters. The Labute approximate surface area is 189 Å². The summed E-state index contributed by atoms with van der Waals surface area (Å²) in [6.07, 6.45) is -1.57. The van der Waals surface area contributed by atoms with Crippen molar-refractivity contribution in [1.82, 2.24) is 15.3 Å². The predicted molar refractivity (Wildman–Crippen MR) is 126 cm³/mol. The first-order valence-electron chi connectivity index (χ1n) is 10.1. The number of benzene rings is 3. The number of carbonyl (C=O) groups is 2. The molecule has 9 heteroatoms. The van der Waals surface area contributed by atoms with Crippen molar-refractivity contribution in [2.75, 3.05) is 16.8 Å². The summed E-state index contributed by atoms with van der Waals surface area (Å²) in [7, 11) is 0. The maximum Gasteiger partial charge on any atom is 0.255 e. The van der Waals surface area contributed by atoms with E-state index in [1.165, 1.54) is 0 Å². The molecule has 4 rings (SSSR count). The molecule has 0 saturated heterocycles. The number of nitrogens with one attached hydrogen (secondary N) is 2. The van der Waals surface area contributed by atoms with Gasteiger partial charge in [0.1, 0.15) is 5.82 Å². The summed E-state index contributed by atoms with van der Waals surface area (Å²) < 4.78 is 0. The zero-order chi connectivity index (χ0) is 23.4. The largest absolute Gasteiger partial charge is 0.383 e. The van der Waals surface area contributed by atoms with Crippen molar-refractivity contribution < 1.29 is 14.7 Å². The lowest BCUT2D eigenvalue weighted by molar-refractivity contribution is -0.125. The quantitative estimate of drug-likeness (QED) is 0.307. The fourth-order valence-corrected chi connectivity index (χ4v) is 3.44. The smallest absolute Gasteiger partial charge is 0.255 e. The second-order valence-corrected chi connectivity index (χ2v) is 7.36. The fourth-order valence-electron chi connectivity index (χ4n) is 3.44. The minimum atomic E-state index is -1.57. The minimum absolute atomic E-state index is 0.0482. The summed E-state index contributed by atoms with van der Waals surface area (Å²) in [6, 6.07) is 21.2. The highest BCUT2D eigenvalue weighted by atomic mass is 16.3. The second-order valence-electron chi connectivity index (χ2n) is 7.36. The molecule has 7 N–H and O–H groups in total. The fraction of sp³-hybridized carbons (Fsp3) is 0.0833. The Hall–Kier alpha value is -4.50. The molecule has 9 nitrogen and oxygen atoms in total. The average Bonchev–Trinajstić information content (AvgIpc) is 2.83. The van der Waals surface area contributed by atoms with Crippen LogP contribution >= 0.6 is 0 Å². The maximum absolute atomic E-state index is 12.9. The number of nitrogens with two attached hydrogens (primary N) is 2. The van der Waals surface area contributed by atoms with Gasteiger partial charge in [-0.05, 0) is 35.9 Å². The molecule has 2 atom stereocenters. The zero-order valence-electron chi connectivity index (χ0n) is 17.5. The van der Waals surface area contributed by atoms with Gasteiger partial charge in [-0.15, -0.1) is 0 Å². The molecule has 4 aromatic rings. The first-order valence-corrected chi connectivity index (χ1v) is 10.1. The Morgan fingerprint density at radius 1 is 0.879 bits per heavy atom. The third kappa shape index (κ3) is 4.89.